The summed E-state index contributed by atoms with van der Waals surface area (Å²) in [6.07, 6.45) is 2.24. The molecule has 2 N–H and O–H groups in total. The van der Waals surface area contributed by atoms with Crippen LogP contribution in [-0.2, 0) is 6.42 Å². The van der Waals surface area contributed by atoms with Gasteiger partial charge in [-0.2, -0.15) is 0 Å². The second-order valence-electron chi connectivity index (χ2n) is 4.11. The van der Waals surface area contributed by atoms with Gasteiger partial charge in [0.05, 0.1) is 25.8 Å². The molecule has 1 rings (SSSR count). The second kappa shape index (κ2) is 9.04. The monoisotopic (exact) mass is 287 g/mol. The fourth-order valence-electron chi connectivity index (χ4n) is 1.76. The van der Waals surface area contributed by atoms with E-state index < -0.39 is 0 Å². The van der Waals surface area contributed by atoms with Gasteiger partial charge in [0, 0.05) is 0 Å². The summed E-state index contributed by atoms with van der Waals surface area (Å²) in [5, 5.41) is 0. The van der Waals surface area contributed by atoms with Crippen LogP contribution >= 0.6 is 11.8 Å². The van der Waals surface area contributed by atoms with E-state index in [-0.39, 0.29) is 6.67 Å². The zero-order valence-electron chi connectivity index (χ0n) is 11.6. The van der Waals surface area contributed by atoms with Crippen molar-refractivity contribution >= 4 is 11.8 Å². The SMILES string of the molecule is COc1cc(CCN)cc(OC)c1SCCCCF. The van der Waals surface area contributed by atoms with E-state index in [0.717, 1.165) is 40.6 Å². The molecule has 0 radical (unpaired) electrons. The molecule has 0 aliphatic heterocycles. The quantitative estimate of drug-likeness (QED) is 0.560. The number of alkyl halides is 1. The number of thioether (sulfide) groups is 1. The maximum atomic E-state index is 12.1. The summed E-state index contributed by atoms with van der Waals surface area (Å²) < 4.78 is 22.9. The molecule has 0 saturated heterocycles. The van der Waals surface area contributed by atoms with Crippen LogP contribution in [-0.4, -0.2) is 33.2 Å². The Morgan fingerprint density at radius 2 is 1.79 bits per heavy atom. The van der Waals surface area contributed by atoms with E-state index >= 15 is 0 Å². The molecule has 0 amide bonds. The summed E-state index contributed by atoms with van der Waals surface area (Å²) in [6.45, 7) is 0.333. The van der Waals surface area contributed by atoms with Crippen molar-refractivity contribution in [2.45, 2.75) is 24.2 Å². The molecule has 1 aromatic carbocycles. The molecule has 0 aliphatic rings. The molecule has 0 atom stereocenters. The van der Waals surface area contributed by atoms with Crippen molar-refractivity contribution in [3.05, 3.63) is 17.7 Å². The highest BCUT2D eigenvalue weighted by Crippen LogP contribution is 2.39. The van der Waals surface area contributed by atoms with Crippen LogP contribution in [0.5, 0.6) is 11.5 Å². The van der Waals surface area contributed by atoms with Gasteiger partial charge in [-0.25, -0.2) is 0 Å². The number of nitrogens with two attached hydrogens (primary N) is 1. The number of benzene rings is 1. The standard InChI is InChI=1S/C14H22FNO2S/c1-17-12-9-11(5-7-16)10-13(18-2)14(12)19-8-4-3-6-15/h9-10H,3-8,16H2,1-2H3. The number of unbranched alkanes of at least 4 members (excludes halogenated alkanes) is 1. The topological polar surface area (TPSA) is 44.5 Å². The van der Waals surface area contributed by atoms with Gasteiger partial charge >= 0.3 is 0 Å². The normalized spacial score (nSPS) is 10.5. The van der Waals surface area contributed by atoms with Crippen LogP contribution in [0.15, 0.2) is 17.0 Å². The van der Waals surface area contributed by atoms with Gasteiger partial charge < -0.3 is 15.2 Å². The maximum absolute atomic E-state index is 12.1. The minimum absolute atomic E-state index is 0.260. The fraction of sp³-hybridized carbons (Fsp3) is 0.571. The number of hydrogen-bond acceptors (Lipinski definition) is 4. The molecular formula is C14H22FNO2S. The zero-order chi connectivity index (χ0) is 14.1. The largest absolute Gasteiger partial charge is 0.495 e. The van der Waals surface area contributed by atoms with Crippen molar-refractivity contribution in [3.8, 4) is 11.5 Å². The minimum Gasteiger partial charge on any atom is -0.495 e. The van der Waals surface area contributed by atoms with E-state index in [1.54, 1.807) is 26.0 Å². The lowest BCUT2D eigenvalue weighted by Crippen LogP contribution is -2.04. The molecule has 0 heterocycles. The smallest absolute Gasteiger partial charge is 0.136 e. The summed E-state index contributed by atoms with van der Waals surface area (Å²) in [5.41, 5.74) is 6.67. The Hall–Kier alpha value is -0.940. The Kier molecular flexibility index (Phi) is 7.67. The van der Waals surface area contributed by atoms with Crippen LogP contribution in [0.2, 0.25) is 0 Å². The van der Waals surface area contributed by atoms with Crippen molar-refractivity contribution in [3.63, 3.8) is 0 Å². The summed E-state index contributed by atoms with van der Waals surface area (Å²) in [7, 11) is 3.29. The first-order valence-electron chi connectivity index (χ1n) is 6.40. The Bertz CT molecular complexity index is 363. The fourth-order valence-corrected chi connectivity index (χ4v) is 2.88. The summed E-state index contributed by atoms with van der Waals surface area (Å²) >= 11 is 1.64. The molecule has 19 heavy (non-hydrogen) atoms. The number of ether oxygens (including phenoxy) is 2. The van der Waals surface area contributed by atoms with Gasteiger partial charge in [0.25, 0.3) is 0 Å². The van der Waals surface area contributed by atoms with Gasteiger partial charge in [-0.05, 0) is 49.3 Å². The number of hydrogen-bond donors (Lipinski definition) is 1. The van der Waals surface area contributed by atoms with E-state index in [2.05, 4.69) is 0 Å². The van der Waals surface area contributed by atoms with Gasteiger partial charge in [-0.15, -0.1) is 11.8 Å². The highest BCUT2D eigenvalue weighted by Gasteiger charge is 2.12. The van der Waals surface area contributed by atoms with Gasteiger partial charge in [0.1, 0.15) is 11.5 Å². The lowest BCUT2D eigenvalue weighted by Gasteiger charge is -2.14. The predicted molar refractivity (Wildman–Crippen MR) is 78.2 cm³/mol. The number of rotatable bonds is 9. The first kappa shape index (κ1) is 16.1. The minimum atomic E-state index is -0.260. The summed E-state index contributed by atoms with van der Waals surface area (Å²) in [4.78, 5) is 0.977. The van der Waals surface area contributed by atoms with Crippen LogP contribution in [0.4, 0.5) is 4.39 Å². The summed E-state index contributed by atoms with van der Waals surface area (Å²) in [6, 6.07) is 3.99. The molecule has 0 bridgehead atoms. The molecule has 1 aromatic rings. The Morgan fingerprint density at radius 3 is 2.26 bits per heavy atom. The van der Waals surface area contributed by atoms with E-state index in [1.807, 2.05) is 12.1 Å². The second-order valence-corrected chi connectivity index (χ2v) is 5.22. The van der Waals surface area contributed by atoms with E-state index in [4.69, 9.17) is 15.2 Å². The predicted octanol–water partition coefficient (Wildman–Crippen LogP) is 3.05. The third-order valence-corrected chi connectivity index (χ3v) is 3.91. The molecule has 3 nitrogen and oxygen atoms in total. The Labute approximate surface area is 118 Å². The highest BCUT2D eigenvalue weighted by atomic mass is 32.2. The van der Waals surface area contributed by atoms with Crippen LogP contribution in [0.25, 0.3) is 0 Å². The molecule has 0 unspecified atom stereocenters. The van der Waals surface area contributed by atoms with Crippen molar-refractivity contribution < 1.29 is 13.9 Å². The highest BCUT2D eigenvalue weighted by molar-refractivity contribution is 7.99. The van der Waals surface area contributed by atoms with Crippen molar-refractivity contribution in [2.75, 3.05) is 33.2 Å². The molecular weight excluding hydrogens is 265 g/mol. The summed E-state index contributed by atoms with van der Waals surface area (Å²) in [5.74, 6) is 2.45. The van der Waals surface area contributed by atoms with Gasteiger partial charge in [-0.3, -0.25) is 4.39 Å². The van der Waals surface area contributed by atoms with Crippen LogP contribution in [0.3, 0.4) is 0 Å². The first-order valence-corrected chi connectivity index (χ1v) is 7.39. The maximum Gasteiger partial charge on any atom is 0.136 e. The molecule has 0 spiro atoms. The molecule has 0 saturated carbocycles. The van der Waals surface area contributed by atoms with Gasteiger partial charge in [0.15, 0.2) is 0 Å². The number of methoxy groups -OCH3 is 2. The van der Waals surface area contributed by atoms with E-state index in [9.17, 15) is 4.39 Å². The average molecular weight is 287 g/mol. The average Bonchev–Trinajstić information content (AvgIpc) is 2.44. The van der Waals surface area contributed by atoms with E-state index in [0.29, 0.717) is 13.0 Å². The van der Waals surface area contributed by atoms with Crippen molar-refractivity contribution in [2.24, 2.45) is 5.73 Å². The lowest BCUT2D eigenvalue weighted by molar-refractivity contribution is 0.375. The van der Waals surface area contributed by atoms with E-state index in [1.165, 1.54) is 0 Å². The third kappa shape index (κ3) is 4.91. The lowest BCUT2D eigenvalue weighted by atomic mass is 10.1. The van der Waals surface area contributed by atoms with Crippen molar-refractivity contribution in [1.29, 1.82) is 0 Å². The number of halogens is 1. The van der Waals surface area contributed by atoms with Crippen LogP contribution in [0.1, 0.15) is 18.4 Å². The Morgan fingerprint density at radius 1 is 1.16 bits per heavy atom. The van der Waals surface area contributed by atoms with Gasteiger partial charge in [-0.1, -0.05) is 0 Å². The zero-order valence-corrected chi connectivity index (χ0v) is 12.4. The molecule has 108 valence electrons. The Balaban J connectivity index is 2.86. The third-order valence-electron chi connectivity index (χ3n) is 2.73. The van der Waals surface area contributed by atoms with Crippen molar-refractivity contribution in [1.82, 2.24) is 0 Å². The van der Waals surface area contributed by atoms with Crippen LogP contribution < -0.4 is 15.2 Å². The molecule has 5 heteroatoms. The first-order chi connectivity index (χ1) is 9.26. The molecule has 0 fully saturated rings. The van der Waals surface area contributed by atoms with Gasteiger partial charge in [0.2, 0.25) is 0 Å². The molecule has 0 aromatic heterocycles. The van der Waals surface area contributed by atoms with Crippen LogP contribution in [0, 0.1) is 0 Å². The molecule has 0 aliphatic carbocycles.